The second-order valence-electron chi connectivity index (χ2n) is 5.89. The maximum Gasteiger partial charge on any atom is 0.258 e. The summed E-state index contributed by atoms with van der Waals surface area (Å²) in [6.45, 7) is 0.794. The quantitative estimate of drug-likeness (QED) is 0.669. The number of rotatable bonds is 1. The highest BCUT2D eigenvalue weighted by atomic mass is 16.2. The van der Waals surface area contributed by atoms with Gasteiger partial charge in [-0.2, -0.15) is 0 Å². The topological polar surface area (TPSA) is 25.2 Å². The van der Waals surface area contributed by atoms with Crippen LogP contribution in [0.5, 0.6) is 0 Å². The summed E-state index contributed by atoms with van der Waals surface area (Å²) in [5.74, 6) is 0.0953. The van der Waals surface area contributed by atoms with Crippen molar-refractivity contribution >= 4 is 22.5 Å². The maximum absolute atomic E-state index is 12.9. The monoisotopic (exact) mass is 290 g/mol. The third-order valence-electron chi connectivity index (χ3n) is 4.49. The van der Waals surface area contributed by atoms with Crippen LogP contribution in [-0.4, -0.2) is 17.0 Å². The summed E-state index contributed by atoms with van der Waals surface area (Å²) < 4.78 is 2.07. The maximum atomic E-state index is 12.9. The lowest BCUT2D eigenvalue weighted by molar-refractivity contribution is 0.0985. The highest BCUT2D eigenvalue weighted by molar-refractivity contribution is 6.08. The van der Waals surface area contributed by atoms with Crippen molar-refractivity contribution in [1.29, 1.82) is 0 Å². The molecular formula is C19H18N2O. The Kier molecular flexibility index (Phi) is 3.00. The van der Waals surface area contributed by atoms with Gasteiger partial charge in [0.15, 0.2) is 0 Å². The molecule has 0 spiro atoms. The fourth-order valence-electron chi connectivity index (χ4n) is 3.32. The fraction of sp³-hybridized carbons (Fsp3) is 0.211. The van der Waals surface area contributed by atoms with Gasteiger partial charge in [-0.25, -0.2) is 0 Å². The number of hydrogen-bond acceptors (Lipinski definition) is 1. The highest BCUT2D eigenvalue weighted by Gasteiger charge is 2.23. The summed E-state index contributed by atoms with van der Waals surface area (Å²) in [6, 6.07) is 16.2. The van der Waals surface area contributed by atoms with E-state index in [0.29, 0.717) is 0 Å². The average Bonchev–Trinajstić information content (AvgIpc) is 2.94. The van der Waals surface area contributed by atoms with Crippen LogP contribution in [0.3, 0.4) is 0 Å². The Hall–Kier alpha value is -2.55. The number of nitrogens with zero attached hydrogens (tertiary/aromatic N) is 2. The minimum atomic E-state index is 0.0953. The van der Waals surface area contributed by atoms with E-state index < -0.39 is 0 Å². The Morgan fingerprint density at radius 2 is 1.95 bits per heavy atom. The van der Waals surface area contributed by atoms with E-state index in [9.17, 15) is 4.79 Å². The SMILES string of the molecule is Cn1ccc2cc(C(=O)N3CCCc4ccccc43)ccc21. The number of fused-ring (bicyclic) bond motifs is 2. The molecule has 2 aromatic carbocycles. The number of carbonyl (C=O) groups is 1. The molecule has 0 atom stereocenters. The van der Waals surface area contributed by atoms with E-state index in [1.165, 1.54) is 5.56 Å². The molecule has 0 saturated heterocycles. The molecule has 0 radical (unpaired) electrons. The number of benzene rings is 2. The minimum absolute atomic E-state index is 0.0953. The van der Waals surface area contributed by atoms with Crippen LogP contribution in [0.15, 0.2) is 54.7 Å². The second-order valence-corrected chi connectivity index (χ2v) is 5.89. The number of para-hydroxylation sites is 1. The number of carbonyl (C=O) groups excluding carboxylic acids is 1. The van der Waals surface area contributed by atoms with E-state index in [4.69, 9.17) is 0 Å². The van der Waals surface area contributed by atoms with Gasteiger partial charge in [0.2, 0.25) is 0 Å². The van der Waals surface area contributed by atoms with Crippen LogP contribution >= 0.6 is 0 Å². The Balaban J connectivity index is 1.74. The normalized spacial score (nSPS) is 14.1. The third-order valence-corrected chi connectivity index (χ3v) is 4.49. The van der Waals surface area contributed by atoms with Gasteiger partial charge in [0.05, 0.1) is 0 Å². The van der Waals surface area contributed by atoms with E-state index in [0.717, 1.165) is 41.5 Å². The van der Waals surface area contributed by atoms with E-state index in [1.54, 1.807) is 0 Å². The summed E-state index contributed by atoms with van der Waals surface area (Å²) in [5.41, 5.74) is 4.24. The number of aryl methyl sites for hydroxylation is 2. The predicted octanol–water partition coefficient (Wildman–Crippen LogP) is 3.77. The third kappa shape index (κ3) is 2.01. The van der Waals surface area contributed by atoms with Gasteiger partial charge in [0.1, 0.15) is 0 Å². The van der Waals surface area contributed by atoms with Crippen LogP contribution in [0.2, 0.25) is 0 Å². The van der Waals surface area contributed by atoms with Gasteiger partial charge in [-0.05, 0) is 48.7 Å². The summed E-state index contributed by atoms with van der Waals surface area (Å²) in [5, 5.41) is 1.11. The molecule has 0 fully saturated rings. The average molecular weight is 290 g/mol. The summed E-state index contributed by atoms with van der Waals surface area (Å²) in [4.78, 5) is 14.9. The van der Waals surface area contributed by atoms with Crippen molar-refractivity contribution in [3.05, 3.63) is 65.9 Å². The van der Waals surface area contributed by atoms with Crippen molar-refractivity contribution in [2.75, 3.05) is 11.4 Å². The number of amides is 1. The largest absolute Gasteiger partial charge is 0.351 e. The van der Waals surface area contributed by atoms with Crippen LogP contribution in [-0.2, 0) is 13.5 Å². The molecule has 0 bridgehead atoms. The standard InChI is InChI=1S/C19H18N2O/c1-20-12-10-15-13-16(8-9-17(15)20)19(22)21-11-4-6-14-5-2-3-7-18(14)21/h2-3,5,7-10,12-13H,4,6,11H2,1H3. The van der Waals surface area contributed by atoms with Gasteiger partial charge in [0, 0.05) is 41.9 Å². The molecule has 0 N–H and O–H groups in total. The first-order valence-electron chi connectivity index (χ1n) is 7.69. The number of aromatic nitrogens is 1. The molecule has 3 nitrogen and oxygen atoms in total. The molecule has 2 heterocycles. The molecule has 22 heavy (non-hydrogen) atoms. The lowest BCUT2D eigenvalue weighted by Crippen LogP contribution is -2.35. The molecule has 1 amide bonds. The zero-order valence-electron chi connectivity index (χ0n) is 12.6. The molecule has 1 aliphatic heterocycles. The van der Waals surface area contributed by atoms with Crippen molar-refractivity contribution in [3.63, 3.8) is 0 Å². The first-order valence-corrected chi connectivity index (χ1v) is 7.69. The molecule has 0 aliphatic carbocycles. The Bertz CT molecular complexity index is 863. The Morgan fingerprint density at radius 3 is 2.86 bits per heavy atom. The first kappa shape index (κ1) is 13.1. The van der Waals surface area contributed by atoms with Gasteiger partial charge >= 0.3 is 0 Å². The van der Waals surface area contributed by atoms with Gasteiger partial charge in [0.25, 0.3) is 5.91 Å². The van der Waals surface area contributed by atoms with Gasteiger partial charge in [-0.1, -0.05) is 18.2 Å². The lowest BCUT2D eigenvalue weighted by Gasteiger charge is -2.29. The van der Waals surface area contributed by atoms with Crippen LogP contribution in [0, 0.1) is 0 Å². The van der Waals surface area contributed by atoms with E-state index >= 15 is 0 Å². The van der Waals surface area contributed by atoms with Crippen molar-refractivity contribution < 1.29 is 4.79 Å². The van der Waals surface area contributed by atoms with E-state index in [-0.39, 0.29) is 5.91 Å². The molecule has 4 rings (SSSR count). The first-order chi connectivity index (χ1) is 10.7. The van der Waals surface area contributed by atoms with Crippen LogP contribution < -0.4 is 4.90 Å². The lowest BCUT2D eigenvalue weighted by atomic mass is 10.0. The van der Waals surface area contributed by atoms with Gasteiger partial charge < -0.3 is 9.47 Å². The van der Waals surface area contributed by atoms with Crippen molar-refractivity contribution in [2.24, 2.45) is 7.05 Å². The Morgan fingerprint density at radius 1 is 1.09 bits per heavy atom. The van der Waals surface area contributed by atoms with E-state index in [1.807, 2.05) is 54.5 Å². The van der Waals surface area contributed by atoms with Crippen molar-refractivity contribution in [2.45, 2.75) is 12.8 Å². The summed E-state index contributed by atoms with van der Waals surface area (Å²) in [6.07, 6.45) is 4.10. The molecule has 110 valence electrons. The zero-order valence-corrected chi connectivity index (χ0v) is 12.6. The summed E-state index contributed by atoms with van der Waals surface area (Å²) in [7, 11) is 2.02. The van der Waals surface area contributed by atoms with E-state index in [2.05, 4.69) is 16.7 Å². The van der Waals surface area contributed by atoms with Gasteiger partial charge in [-0.3, -0.25) is 4.79 Å². The highest BCUT2D eigenvalue weighted by Crippen LogP contribution is 2.28. The molecule has 1 aliphatic rings. The van der Waals surface area contributed by atoms with Crippen molar-refractivity contribution in [1.82, 2.24) is 4.57 Å². The molecule has 3 aromatic rings. The number of hydrogen-bond donors (Lipinski definition) is 0. The molecule has 0 saturated carbocycles. The predicted molar refractivity (Wildman–Crippen MR) is 89.4 cm³/mol. The van der Waals surface area contributed by atoms with Crippen LogP contribution in [0.4, 0.5) is 5.69 Å². The van der Waals surface area contributed by atoms with Crippen LogP contribution in [0.25, 0.3) is 10.9 Å². The molecule has 0 unspecified atom stereocenters. The fourth-order valence-corrected chi connectivity index (χ4v) is 3.32. The van der Waals surface area contributed by atoms with Crippen molar-refractivity contribution in [3.8, 4) is 0 Å². The second kappa shape index (κ2) is 5.02. The molecule has 1 aromatic heterocycles. The number of anilines is 1. The minimum Gasteiger partial charge on any atom is -0.351 e. The molecule has 3 heteroatoms. The van der Waals surface area contributed by atoms with Gasteiger partial charge in [-0.15, -0.1) is 0 Å². The smallest absolute Gasteiger partial charge is 0.258 e. The summed E-state index contributed by atoms with van der Waals surface area (Å²) >= 11 is 0. The Labute approximate surface area is 129 Å². The zero-order chi connectivity index (χ0) is 15.1. The van der Waals surface area contributed by atoms with Crippen LogP contribution in [0.1, 0.15) is 22.3 Å². The molecular weight excluding hydrogens is 272 g/mol.